The fraction of sp³-hybridized carbons (Fsp3) is 0.750. The monoisotopic (exact) mass is 559 g/mol. The zero-order valence-electron chi connectivity index (χ0n) is 26.3. The Labute approximate surface area is 248 Å². The number of aliphatic hydroxyl groups excluding tert-OH is 2. The summed E-state index contributed by atoms with van der Waals surface area (Å²) in [5.41, 5.74) is 0. The van der Waals surface area contributed by atoms with Crippen molar-refractivity contribution in [2.24, 2.45) is 0 Å². The van der Waals surface area contributed by atoms with Gasteiger partial charge in [0.15, 0.2) is 0 Å². The molecule has 0 rings (SSSR count). The van der Waals surface area contributed by atoms with Gasteiger partial charge < -0.3 is 15.5 Å². The molecule has 0 aromatic carbocycles. The number of amides is 1. The summed E-state index contributed by atoms with van der Waals surface area (Å²) >= 11 is 0. The Morgan fingerprint density at radius 2 is 0.975 bits per heavy atom. The van der Waals surface area contributed by atoms with Gasteiger partial charge in [-0.2, -0.15) is 0 Å². The van der Waals surface area contributed by atoms with Crippen molar-refractivity contribution < 1.29 is 15.0 Å². The summed E-state index contributed by atoms with van der Waals surface area (Å²) in [4.78, 5) is 12.3. The fourth-order valence-electron chi connectivity index (χ4n) is 4.61. The van der Waals surface area contributed by atoms with E-state index in [2.05, 4.69) is 55.6 Å². The van der Waals surface area contributed by atoms with E-state index in [1.54, 1.807) is 6.08 Å². The zero-order chi connectivity index (χ0) is 29.4. The van der Waals surface area contributed by atoms with Gasteiger partial charge in [-0.3, -0.25) is 4.79 Å². The molecule has 0 bridgehead atoms. The normalized spacial score (nSPS) is 13.8. The lowest BCUT2D eigenvalue weighted by Gasteiger charge is -2.19. The molecule has 2 atom stereocenters. The number of carbonyl (C=O) groups excluding carboxylic acids is 1. The number of unbranched alkanes of at least 4 members (excludes halogenated alkanes) is 16. The van der Waals surface area contributed by atoms with Crippen molar-refractivity contribution in [3.05, 3.63) is 48.6 Å². The molecule has 0 aliphatic carbocycles. The average Bonchev–Trinajstić information content (AvgIpc) is 2.96. The van der Waals surface area contributed by atoms with E-state index in [-0.39, 0.29) is 12.5 Å². The topological polar surface area (TPSA) is 69.6 Å². The molecule has 2 unspecified atom stereocenters. The molecule has 0 aliphatic rings. The summed E-state index contributed by atoms with van der Waals surface area (Å²) in [6.07, 6.45) is 41.8. The van der Waals surface area contributed by atoms with E-state index >= 15 is 0 Å². The number of allylic oxidation sites excluding steroid dienone is 7. The number of hydrogen-bond donors (Lipinski definition) is 3. The molecular formula is C36H65NO3. The number of hydrogen-bond acceptors (Lipinski definition) is 3. The molecule has 0 saturated heterocycles. The van der Waals surface area contributed by atoms with Crippen molar-refractivity contribution >= 4 is 5.91 Å². The van der Waals surface area contributed by atoms with E-state index < -0.39 is 12.1 Å². The highest BCUT2D eigenvalue weighted by Gasteiger charge is 2.17. The van der Waals surface area contributed by atoms with Gasteiger partial charge in [-0.1, -0.05) is 127 Å². The Kier molecular flexibility index (Phi) is 30.6. The number of rotatable bonds is 29. The van der Waals surface area contributed by atoms with E-state index in [9.17, 15) is 15.0 Å². The Morgan fingerprint density at radius 3 is 1.48 bits per heavy atom. The lowest BCUT2D eigenvalue weighted by Crippen LogP contribution is -2.45. The van der Waals surface area contributed by atoms with Crippen molar-refractivity contribution in [3.63, 3.8) is 0 Å². The number of carbonyl (C=O) groups is 1. The smallest absolute Gasteiger partial charge is 0.220 e. The van der Waals surface area contributed by atoms with E-state index in [4.69, 9.17) is 0 Å². The Hall–Kier alpha value is -1.65. The first-order valence-corrected chi connectivity index (χ1v) is 16.9. The molecule has 0 radical (unpaired) electrons. The van der Waals surface area contributed by atoms with Crippen LogP contribution >= 0.6 is 0 Å². The fourth-order valence-corrected chi connectivity index (χ4v) is 4.61. The first-order valence-electron chi connectivity index (χ1n) is 16.9. The molecular weight excluding hydrogens is 494 g/mol. The summed E-state index contributed by atoms with van der Waals surface area (Å²) in [6.45, 7) is 4.23. The van der Waals surface area contributed by atoms with Gasteiger partial charge in [-0.15, -0.1) is 0 Å². The van der Waals surface area contributed by atoms with Crippen molar-refractivity contribution in [3.8, 4) is 0 Å². The minimum absolute atomic E-state index is 0.0917. The first-order chi connectivity index (χ1) is 19.7. The minimum atomic E-state index is -0.871. The van der Waals surface area contributed by atoms with Crippen molar-refractivity contribution in [2.45, 2.75) is 167 Å². The molecule has 4 nitrogen and oxygen atoms in total. The van der Waals surface area contributed by atoms with Crippen LogP contribution in [0.25, 0.3) is 0 Å². The molecule has 3 N–H and O–H groups in total. The third kappa shape index (κ3) is 27.9. The average molecular weight is 560 g/mol. The molecule has 0 aliphatic heterocycles. The third-order valence-corrected chi connectivity index (χ3v) is 7.26. The summed E-state index contributed by atoms with van der Waals surface area (Å²) in [5, 5.41) is 22.8. The molecule has 1 amide bonds. The maximum Gasteiger partial charge on any atom is 0.220 e. The summed E-state index contributed by atoms with van der Waals surface area (Å²) in [6, 6.07) is -0.647. The standard InChI is InChI=1S/C36H65NO3/c1-3-5-7-9-11-13-15-17-18-20-21-23-25-27-29-31-35(39)34(33-38)37-36(40)32-30-28-26-24-22-19-16-14-12-10-8-6-4-2/h14-17,21,23,29,31,34-35,38-39H,3-13,18-20,22,24-28,30,32-33H2,1-2H3,(H,37,40)/b16-14-,17-15+,23-21+,31-29+. The second-order valence-electron chi connectivity index (χ2n) is 11.2. The van der Waals surface area contributed by atoms with E-state index in [0.29, 0.717) is 6.42 Å². The van der Waals surface area contributed by atoms with Crippen LogP contribution in [-0.2, 0) is 4.79 Å². The van der Waals surface area contributed by atoms with Gasteiger partial charge in [0.2, 0.25) is 5.91 Å². The maximum atomic E-state index is 12.3. The molecule has 0 heterocycles. The molecule has 0 aromatic heterocycles. The number of aliphatic hydroxyl groups is 2. The molecule has 232 valence electrons. The second kappa shape index (κ2) is 31.9. The number of nitrogens with one attached hydrogen (secondary N) is 1. The third-order valence-electron chi connectivity index (χ3n) is 7.26. The lowest BCUT2D eigenvalue weighted by atomic mass is 10.1. The van der Waals surface area contributed by atoms with Crippen LogP contribution in [0.2, 0.25) is 0 Å². The summed E-state index contributed by atoms with van der Waals surface area (Å²) in [7, 11) is 0. The minimum Gasteiger partial charge on any atom is -0.394 e. The van der Waals surface area contributed by atoms with Crippen molar-refractivity contribution in [1.29, 1.82) is 0 Å². The molecule has 40 heavy (non-hydrogen) atoms. The van der Waals surface area contributed by atoms with Gasteiger partial charge in [0, 0.05) is 6.42 Å². The zero-order valence-corrected chi connectivity index (χ0v) is 26.3. The Balaban J connectivity index is 3.77. The van der Waals surface area contributed by atoms with Crippen LogP contribution in [0, 0.1) is 0 Å². The Morgan fingerprint density at radius 1 is 0.575 bits per heavy atom. The van der Waals surface area contributed by atoms with E-state index in [1.807, 2.05) is 6.08 Å². The van der Waals surface area contributed by atoms with Crippen LogP contribution in [0.4, 0.5) is 0 Å². The summed E-state index contributed by atoms with van der Waals surface area (Å²) in [5.74, 6) is -0.0917. The molecule has 0 fully saturated rings. The van der Waals surface area contributed by atoms with E-state index in [0.717, 1.165) is 51.4 Å². The predicted molar refractivity (Wildman–Crippen MR) is 175 cm³/mol. The van der Waals surface area contributed by atoms with Crippen LogP contribution in [0.15, 0.2) is 48.6 Å². The summed E-state index contributed by atoms with van der Waals surface area (Å²) < 4.78 is 0. The predicted octanol–water partition coefficient (Wildman–Crippen LogP) is 9.67. The van der Waals surface area contributed by atoms with Gasteiger partial charge in [0.1, 0.15) is 0 Å². The largest absolute Gasteiger partial charge is 0.394 e. The van der Waals surface area contributed by atoms with Crippen LogP contribution in [0.1, 0.15) is 155 Å². The molecule has 4 heteroatoms. The van der Waals surface area contributed by atoms with Gasteiger partial charge >= 0.3 is 0 Å². The first kappa shape index (κ1) is 38.4. The molecule has 0 aromatic rings. The van der Waals surface area contributed by atoms with Crippen molar-refractivity contribution in [1.82, 2.24) is 5.32 Å². The SMILES string of the molecule is CCCCCC/C=C\CCCCCCCC(=O)NC(CO)C(O)/C=C/CC/C=C/CC/C=C/CCCCCCC. The van der Waals surface area contributed by atoms with Gasteiger partial charge in [-0.25, -0.2) is 0 Å². The van der Waals surface area contributed by atoms with Crippen LogP contribution in [0.3, 0.4) is 0 Å². The van der Waals surface area contributed by atoms with Gasteiger partial charge in [0.25, 0.3) is 0 Å². The lowest BCUT2D eigenvalue weighted by molar-refractivity contribution is -0.123. The molecule has 0 saturated carbocycles. The van der Waals surface area contributed by atoms with Crippen molar-refractivity contribution in [2.75, 3.05) is 6.61 Å². The van der Waals surface area contributed by atoms with Gasteiger partial charge in [-0.05, 0) is 70.6 Å². The van der Waals surface area contributed by atoms with Crippen LogP contribution < -0.4 is 5.32 Å². The van der Waals surface area contributed by atoms with Gasteiger partial charge in [0.05, 0.1) is 18.8 Å². The van der Waals surface area contributed by atoms with Crippen LogP contribution in [0.5, 0.6) is 0 Å². The Bertz CT molecular complexity index is 652. The highest BCUT2D eigenvalue weighted by Crippen LogP contribution is 2.10. The molecule has 0 spiro atoms. The quantitative estimate of drug-likeness (QED) is 0.0631. The highest BCUT2D eigenvalue weighted by atomic mass is 16.3. The second-order valence-corrected chi connectivity index (χ2v) is 11.2. The van der Waals surface area contributed by atoms with E-state index in [1.165, 1.54) is 83.5 Å². The maximum absolute atomic E-state index is 12.3. The van der Waals surface area contributed by atoms with Crippen LogP contribution in [-0.4, -0.2) is 34.9 Å². The highest BCUT2D eigenvalue weighted by molar-refractivity contribution is 5.76.